The number of aliphatic imine (C=N–C) groups is 1. The number of para-hydroxylation sites is 1. The number of esters is 2. The Morgan fingerprint density at radius 3 is 2.74 bits per heavy atom. The number of ether oxygens (including phenoxy) is 3. The van der Waals surface area contributed by atoms with E-state index in [1.165, 1.54) is 7.11 Å². The summed E-state index contributed by atoms with van der Waals surface area (Å²) in [4.78, 5) is 31.8. The molecule has 7 nitrogen and oxygen atoms in total. The summed E-state index contributed by atoms with van der Waals surface area (Å²) < 4.78 is 15.7. The van der Waals surface area contributed by atoms with Crippen LogP contribution in [-0.4, -0.2) is 36.5 Å². The molecule has 1 aliphatic heterocycles. The van der Waals surface area contributed by atoms with Gasteiger partial charge < -0.3 is 19.2 Å². The van der Waals surface area contributed by atoms with Crippen LogP contribution in [0.1, 0.15) is 39.8 Å². The molecule has 0 spiro atoms. The highest BCUT2D eigenvalue weighted by Gasteiger charge is 2.27. The number of cyclic esters (lactones) is 1. The molecule has 1 aliphatic rings. The van der Waals surface area contributed by atoms with Crippen LogP contribution in [0.4, 0.5) is 0 Å². The minimum absolute atomic E-state index is 0.135. The fourth-order valence-corrected chi connectivity index (χ4v) is 2.91. The van der Waals surface area contributed by atoms with Crippen molar-refractivity contribution in [2.24, 2.45) is 4.99 Å². The number of hydrogen-bond acceptors (Lipinski definition) is 6. The first-order valence-corrected chi connectivity index (χ1v) is 8.48. The highest BCUT2D eigenvalue weighted by Crippen LogP contribution is 2.26. The molecule has 27 heavy (non-hydrogen) atoms. The number of aromatic nitrogens is 1. The molecule has 0 aliphatic carbocycles. The second-order valence-electron chi connectivity index (χ2n) is 5.92. The van der Waals surface area contributed by atoms with Gasteiger partial charge in [-0.05, 0) is 44.5 Å². The molecule has 7 heteroatoms. The van der Waals surface area contributed by atoms with Crippen molar-refractivity contribution in [2.45, 2.75) is 20.8 Å². The Labute approximate surface area is 156 Å². The summed E-state index contributed by atoms with van der Waals surface area (Å²) in [6.45, 7) is 5.60. The van der Waals surface area contributed by atoms with Crippen LogP contribution >= 0.6 is 0 Å². The van der Waals surface area contributed by atoms with Gasteiger partial charge in [0.2, 0.25) is 5.90 Å². The highest BCUT2D eigenvalue weighted by molar-refractivity contribution is 6.13. The molecule has 1 aromatic carbocycles. The average molecular weight is 368 g/mol. The fourth-order valence-electron chi connectivity index (χ4n) is 2.91. The predicted octanol–water partition coefficient (Wildman–Crippen LogP) is 3.16. The Kier molecular flexibility index (Phi) is 5.12. The van der Waals surface area contributed by atoms with Gasteiger partial charge in [0.15, 0.2) is 5.70 Å². The largest absolute Gasteiger partial charge is 0.496 e. The van der Waals surface area contributed by atoms with E-state index in [4.69, 9.17) is 14.2 Å². The number of aryl methyl sites for hydroxylation is 1. The van der Waals surface area contributed by atoms with Crippen molar-refractivity contribution in [3.05, 3.63) is 58.0 Å². The molecule has 0 amide bonds. The first kappa shape index (κ1) is 18.4. The molecule has 0 fully saturated rings. The molecular weight excluding hydrogens is 348 g/mol. The summed E-state index contributed by atoms with van der Waals surface area (Å²) in [5.41, 5.74) is 3.14. The molecule has 1 N–H and O–H groups in total. The molecular formula is C20H20N2O5. The minimum Gasteiger partial charge on any atom is -0.496 e. The standard InChI is InChI=1S/C20H20N2O5/c1-5-26-20(24)17-11(2)14(21-12(17)3)10-15-19(23)27-18(22-15)13-8-6-7-9-16(13)25-4/h6-10,21H,5H2,1-4H3/b15-10-. The summed E-state index contributed by atoms with van der Waals surface area (Å²) in [5.74, 6) is -0.238. The van der Waals surface area contributed by atoms with E-state index in [-0.39, 0.29) is 18.2 Å². The predicted molar refractivity (Wildman–Crippen MR) is 99.8 cm³/mol. The smallest absolute Gasteiger partial charge is 0.363 e. The highest BCUT2D eigenvalue weighted by atomic mass is 16.6. The van der Waals surface area contributed by atoms with Crippen LogP contribution in [0.15, 0.2) is 35.0 Å². The number of nitrogens with one attached hydrogen (secondary N) is 1. The Balaban J connectivity index is 1.98. The van der Waals surface area contributed by atoms with E-state index in [9.17, 15) is 9.59 Å². The first-order valence-electron chi connectivity index (χ1n) is 8.48. The zero-order valence-corrected chi connectivity index (χ0v) is 15.6. The van der Waals surface area contributed by atoms with Gasteiger partial charge in [-0.1, -0.05) is 12.1 Å². The Hall–Kier alpha value is -3.35. The number of carbonyl (C=O) groups is 2. The summed E-state index contributed by atoms with van der Waals surface area (Å²) in [6, 6.07) is 7.15. The van der Waals surface area contributed by atoms with Crippen LogP contribution in [0, 0.1) is 13.8 Å². The van der Waals surface area contributed by atoms with Crippen molar-refractivity contribution in [3.8, 4) is 5.75 Å². The van der Waals surface area contributed by atoms with E-state index >= 15 is 0 Å². The minimum atomic E-state index is -0.569. The number of benzene rings is 1. The molecule has 140 valence electrons. The van der Waals surface area contributed by atoms with Gasteiger partial charge in [-0.3, -0.25) is 0 Å². The topological polar surface area (TPSA) is 90.0 Å². The van der Waals surface area contributed by atoms with Gasteiger partial charge in [0.05, 0.1) is 24.8 Å². The molecule has 3 rings (SSSR count). The molecule has 0 saturated heterocycles. The first-order chi connectivity index (χ1) is 13.0. The third kappa shape index (κ3) is 3.48. The number of carbonyl (C=O) groups excluding carboxylic acids is 2. The number of hydrogen-bond donors (Lipinski definition) is 1. The molecule has 0 saturated carbocycles. The summed E-state index contributed by atoms with van der Waals surface area (Å²) in [5, 5.41) is 0. The van der Waals surface area contributed by atoms with E-state index < -0.39 is 11.9 Å². The van der Waals surface area contributed by atoms with Crippen molar-refractivity contribution in [1.82, 2.24) is 4.98 Å². The zero-order chi connectivity index (χ0) is 19.6. The van der Waals surface area contributed by atoms with Gasteiger partial charge in [0, 0.05) is 11.4 Å². The van der Waals surface area contributed by atoms with Gasteiger partial charge in [0.1, 0.15) is 5.75 Å². The van der Waals surface area contributed by atoms with E-state index in [0.29, 0.717) is 33.8 Å². The Morgan fingerprint density at radius 1 is 1.30 bits per heavy atom. The van der Waals surface area contributed by atoms with Crippen LogP contribution in [0.2, 0.25) is 0 Å². The average Bonchev–Trinajstić information content (AvgIpc) is 3.15. The quantitative estimate of drug-likeness (QED) is 0.647. The summed E-state index contributed by atoms with van der Waals surface area (Å²) in [7, 11) is 1.54. The molecule has 2 heterocycles. The third-order valence-electron chi connectivity index (χ3n) is 4.19. The monoisotopic (exact) mass is 368 g/mol. The lowest BCUT2D eigenvalue weighted by Gasteiger charge is -2.05. The van der Waals surface area contributed by atoms with Crippen molar-refractivity contribution >= 4 is 23.9 Å². The molecule has 1 aromatic heterocycles. The lowest BCUT2D eigenvalue weighted by Crippen LogP contribution is -2.07. The third-order valence-corrected chi connectivity index (χ3v) is 4.19. The number of H-pyrrole nitrogens is 1. The SMILES string of the molecule is CCOC(=O)c1c(C)[nH]c(/C=C2\N=C(c3ccccc3OC)OC2=O)c1C. The number of methoxy groups -OCH3 is 1. The second kappa shape index (κ2) is 7.49. The van der Waals surface area contributed by atoms with E-state index in [2.05, 4.69) is 9.98 Å². The molecule has 0 atom stereocenters. The number of rotatable bonds is 5. The Morgan fingerprint density at radius 2 is 2.04 bits per heavy atom. The van der Waals surface area contributed by atoms with Gasteiger partial charge in [0.25, 0.3) is 0 Å². The van der Waals surface area contributed by atoms with Crippen molar-refractivity contribution in [1.29, 1.82) is 0 Å². The maximum absolute atomic E-state index is 12.2. The fraction of sp³-hybridized carbons (Fsp3) is 0.250. The van der Waals surface area contributed by atoms with E-state index in [0.717, 1.165) is 0 Å². The Bertz CT molecular complexity index is 969. The molecule has 0 radical (unpaired) electrons. The van der Waals surface area contributed by atoms with Gasteiger partial charge in [-0.15, -0.1) is 0 Å². The normalized spacial score (nSPS) is 14.9. The van der Waals surface area contributed by atoms with Crippen LogP contribution in [-0.2, 0) is 14.3 Å². The molecule has 0 bridgehead atoms. The van der Waals surface area contributed by atoms with Crippen LogP contribution in [0.3, 0.4) is 0 Å². The number of nitrogens with zero attached hydrogens (tertiary/aromatic N) is 1. The zero-order valence-electron chi connectivity index (χ0n) is 15.6. The van der Waals surface area contributed by atoms with Gasteiger partial charge >= 0.3 is 11.9 Å². The van der Waals surface area contributed by atoms with Crippen molar-refractivity contribution in [3.63, 3.8) is 0 Å². The van der Waals surface area contributed by atoms with Crippen molar-refractivity contribution < 1.29 is 23.8 Å². The van der Waals surface area contributed by atoms with E-state index in [1.54, 1.807) is 45.0 Å². The van der Waals surface area contributed by atoms with E-state index in [1.807, 2.05) is 6.07 Å². The maximum Gasteiger partial charge on any atom is 0.363 e. The van der Waals surface area contributed by atoms with Crippen LogP contribution < -0.4 is 4.74 Å². The maximum atomic E-state index is 12.2. The van der Waals surface area contributed by atoms with Crippen LogP contribution in [0.25, 0.3) is 6.08 Å². The second-order valence-corrected chi connectivity index (χ2v) is 5.92. The lowest BCUT2D eigenvalue weighted by molar-refractivity contribution is -0.129. The summed E-state index contributed by atoms with van der Waals surface area (Å²) >= 11 is 0. The molecule has 2 aromatic rings. The molecule has 0 unspecified atom stereocenters. The van der Waals surface area contributed by atoms with Crippen molar-refractivity contribution in [2.75, 3.05) is 13.7 Å². The van der Waals surface area contributed by atoms with Gasteiger partial charge in [-0.25, -0.2) is 14.6 Å². The lowest BCUT2D eigenvalue weighted by atomic mass is 10.1. The summed E-state index contributed by atoms with van der Waals surface area (Å²) in [6.07, 6.45) is 1.57. The van der Waals surface area contributed by atoms with Crippen LogP contribution in [0.5, 0.6) is 5.75 Å². The van der Waals surface area contributed by atoms with Gasteiger partial charge in [-0.2, -0.15) is 0 Å². The number of aromatic amines is 1.